The van der Waals surface area contributed by atoms with Gasteiger partial charge in [0.05, 0.1) is 26.4 Å². The lowest BCUT2D eigenvalue weighted by molar-refractivity contribution is -0.161. The molecule has 0 aliphatic rings. The molecule has 0 rings (SSSR count). The van der Waals surface area contributed by atoms with E-state index in [1.807, 2.05) is 0 Å². The van der Waals surface area contributed by atoms with Crippen molar-refractivity contribution in [1.29, 1.82) is 0 Å². The van der Waals surface area contributed by atoms with Crippen LogP contribution in [0.25, 0.3) is 0 Å². The molecular weight excluding hydrogens is 1390 g/mol. The summed E-state index contributed by atoms with van der Waals surface area (Å²) in [4.78, 5) is 73.2. The molecule has 0 fully saturated rings. The van der Waals surface area contributed by atoms with E-state index < -0.39 is 97.5 Å². The molecule has 3 unspecified atom stereocenters. The highest BCUT2D eigenvalue weighted by molar-refractivity contribution is 7.47. The summed E-state index contributed by atoms with van der Waals surface area (Å²) in [6, 6.07) is 0. The van der Waals surface area contributed by atoms with Gasteiger partial charge in [0.2, 0.25) is 0 Å². The number of phosphoric acid groups is 2. The molecule has 0 radical (unpaired) electrons. The molecule has 0 heterocycles. The Hall–Kier alpha value is -2.46. The molecule has 0 aromatic heterocycles. The average molecular weight is 1560 g/mol. The van der Waals surface area contributed by atoms with Crippen molar-refractivity contribution in [2.45, 2.75) is 458 Å². The van der Waals surface area contributed by atoms with Gasteiger partial charge in [0.1, 0.15) is 19.3 Å². The Kier molecular flexibility index (Phi) is 75.7. The van der Waals surface area contributed by atoms with E-state index in [4.69, 9.17) is 37.0 Å². The van der Waals surface area contributed by atoms with Gasteiger partial charge in [0.25, 0.3) is 0 Å². The lowest BCUT2D eigenvalue weighted by Gasteiger charge is -2.21. The number of aliphatic hydroxyl groups is 1. The number of unbranched alkanes of at least 4 members (excludes halogenated alkanes) is 49. The lowest BCUT2D eigenvalue weighted by Crippen LogP contribution is -2.30. The maximum atomic E-state index is 13.1. The Bertz CT molecular complexity index is 2160. The van der Waals surface area contributed by atoms with E-state index in [2.05, 4.69) is 72.8 Å². The summed E-state index contributed by atoms with van der Waals surface area (Å²) in [5.74, 6) is 0.209. The zero-order valence-corrected chi connectivity index (χ0v) is 71.9. The number of allylic oxidation sites excluding steroid dienone is 4. The van der Waals surface area contributed by atoms with Crippen molar-refractivity contribution < 1.29 is 80.2 Å². The van der Waals surface area contributed by atoms with Crippen LogP contribution in [0.2, 0.25) is 0 Å². The van der Waals surface area contributed by atoms with Crippen molar-refractivity contribution in [3.63, 3.8) is 0 Å². The molecule has 0 saturated heterocycles. The molecular formula is C88H168O17P2. The fourth-order valence-corrected chi connectivity index (χ4v) is 14.8. The quantitative estimate of drug-likeness (QED) is 0.0169. The Labute approximate surface area is 656 Å². The minimum atomic E-state index is -4.97. The summed E-state index contributed by atoms with van der Waals surface area (Å²) in [6.45, 7) is 11.9. The van der Waals surface area contributed by atoms with Gasteiger partial charge < -0.3 is 33.8 Å². The first-order valence-electron chi connectivity index (χ1n) is 44.7. The normalized spacial score (nSPS) is 14.0. The Balaban J connectivity index is 5.21. The summed E-state index contributed by atoms with van der Waals surface area (Å²) in [5, 5.41) is 10.7. The molecule has 0 aromatic rings. The van der Waals surface area contributed by atoms with Gasteiger partial charge in [0.15, 0.2) is 12.2 Å². The third-order valence-corrected chi connectivity index (χ3v) is 21.9. The molecule has 17 nitrogen and oxygen atoms in total. The highest BCUT2D eigenvalue weighted by Gasteiger charge is 2.30. The van der Waals surface area contributed by atoms with Crippen LogP contribution in [0.4, 0.5) is 0 Å². The van der Waals surface area contributed by atoms with E-state index >= 15 is 0 Å². The fourth-order valence-electron chi connectivity index (χ4n) is 13.2. The van der Waals surface area contributed by atoms with E-state index in [0.717, 1.165) is 121 Å². The van der Waals surface area contributed by atoms with E-state index in [9.17, 15) is 43.2 Å². The fraction of sp³-hybridized carbons (Fsp3) is 0.909. The van der Waals surface area contributed by atoms with Gasteiger partial charge >= 0.3 is 39.5 Å². The Morgan fingerprint density at radius 3 is 0.757 bits per heavy atom. The molecule has 0 amide bonds. The average Bonchev–Trinajstić information content (AvgIpc) is 0.905. The van der Waals surface area contributed by atoms with Gasteiger partial charge in [-0.05, 0) is 69.1 Å². The Morgan fingerprint density at radius 1 is 0.290 bits per heavy atom. The molecule has 19 heteroatoms. The molecule has 5 atom stereocenters. The van der Waals surface area contributed by atoms with Gasteiger partial charge in [-0.3, -0.25) is 37.3 Å². The molecule has 3 N–H and O–H groups in total. The van der Waals surface area contributed by atoms with Crippen LogP contribution in [0.15, 0.2) is 24.3 Å². The smallest absolute Gasteiger partial charge is 0.462 e. The number of aliphatic hydroxyl groups excluding tert-OH is 1. The maximum absolute atomic E-state index is 13.1. The SMILES string of the molecule is CCCCCC/C=C\C=C/CCCCCCCC(=O)O[C@H](COC(=O)CCCCCCCCCCCCCCCCCCCCC(C)C)COP(=O)(O)OCC(O)COP(=O)(O)OC[C@@H](COC(=O)CCCCCCCCCC(C)C)OC(=O)CCCCCCCCCCCCCCCCCCCCC(C)C. The summed E-state index contributed by atoms with van der Waals surface area (Å²) in [6.07, 6.45) is 71.8. The second-order valence-corrected chi connectivity index (χ2v) is 35.3. The van der Waals surface area contributed by atoms with E-state index in [1.54, 1.807) is 0 Å². The molecule has 0 aliphatic carbocycles. The number of hydrogen-bond donors (Lipinski definition) is 3. The van der Waals surface area contributed by atoms with Crippen LogP contribution in [0.3, 0.4) is 0 Å². The van der Waals surface area contributed by atoms with Crippen molar-refractivity contribution in [3.8, 4) is 0 Å². The largest absolute Gasteiger partial charge is 0.472 e. The highest BCUT2D eigenvalue weighted by atomic mass is 31.2. The second-order valence-electron chi connectivity index (χ2n) is 32.4. The van der Waals surface area contributed by atoms with E-state index in [-0.39, 0.29) is 25.7 Å². The summed E-state index contributed by atoms with van der Waals surface area (Å²) >= 11 is 0. The topological polar surface area (TPSA) is 237 Å². The first kappa shape index (κ1) is 105. The molecule has 0 bridgehead atoms. The summed E-state index contributed by atoms with van der Waals surface area (Å²) < 4.78 is 68.9. The molecule has 0 aromatic carbocycles. The van der Waals surface area contributed by atoms with Gasteiger partial charge in [0, 0.05) is 25.7 Å². The van der Waals surface area contributed by atoms with Crippen LogP contribution < -0.4 is 0 Å². The molecule has 107 heavy (non-hydrogen) atoms. The van der Waals surface area contributed by atoms with Crippen LogP contribution in [0, 0.1) is 17.8 Å². The van der Waals surface area contributed by atoms with Crippen molar-refractivity contribution in [3.05, 3.63) is 24.3 Å². The van der Waals surface area contributed by atoms with Gasteiger partial charge in [-0.1, -0.05) is 387 Å². The maximum Gasteiger partial charge on any atom is 0.472 e. The van der Waals surface area contributed by atoms with Crippen LogP contribution in [-0.4, -0.2) is 96.7 Å². The van der Waals surface area contributed by atoms with Crippen LogP contribution in [-0.2, 0) is 65.4 Å². The summed E-state index contributed by atoms with van der Waals surface area (Å²) in [7, 11) is -9.94. The minimum absolute atomic E-state index is 0.0855. The van der Waals surface area contributed by atoms with E-state index in [0.29, 0.717) is 31.6 Å². The van der Waals surface area contributed by atoms with Gasteiger partial charge in [-0.25, -0.2) is 9.13 Å². The number of ether oxygens (including phenoxy) is 4. The van der Waals surface area contributed by atoms with Crippen LogP contribution in [0.1, 0.15) is 440 Å². The van der Waals surface area contributed by atoms with Crippen molar-refractivity contribution in [1.82, 2.24) is 0 Å². The van der Waals surface area contributed by atoms with E-state index in [1.165, 1.54) is 231 Å². The highest BCUT2D eigenvalue weighted by Crippen LogP contribution is 2.45. The number of carbonyl (C=O) groups is 4. The number of carbonyl (C=O) groups excluding carboxylic acids is 4. The monoisotopic (exact) mass is 1560 g/mol. The number of phosphoric ester groups is 2. The predicted molar refractivity (Wildman–Crippen MR) is 441 cm³/mol. The molecule has 0 spiro atoms. The van der Waals surface area contributed by atoms with Crippen molar-refractivity contribution in [2.75, 3.05) is 39.6 Å². The van der Waals surface area contributed by atoms with Gasteiger partial charge in [-0.15, -0.1) is 0 Å². The number of esters is 4. The zero-order chi connectivity index (χ0) is 78.6. The third-order valence-electron chi connectivity index (χ3n) is 20.0. The lowest BCUT2D eigenvalue weighted by atomic mass is 10.0. The molecule has 632 valence electrons. The molecule has 0 aliphatic heterocycles. The van der Waals surface area contributed by atoms with Gasteiger partial charge in [-0.2, -0.15) is 0 Å². The first-order valence-corrected chi connectivity index (χ1v) is 47.7. The minimum Gasteiger partial charge on any atom is -0.462 e. The standard InChI is InChI=1S/C88H168O17P2/c1-8-9-10-11-12-13-14-15-24-32-37-42-49-57-64-71-87(92)104-83(75-98-85(90)69-62-55-48-41-36-31-27-22-18-16-20-25-29-34-39-45-52-59-66-79(2)3)77-102-106(94,95)100-73-82(89)74-101-107(96,97)103-78-84(76-99-86(91)70-63-56-51-44-47-54-61-68-81(6)7)105-88(93)72-65-58-50-43-38-33-28-23-19-17-21-26-30-35-40-46-53-60-67-80(4)5/h13-15,24,79-84,89H,8-12,16-23,25-78H2,1-7H3,(H,94,95)(H,96,97)/b14-13-,24-15-/t82?,83-,84-/m1/s1. The second kappa shape index (κ2) is 77.5. The van der Waals surface area contributed by atoms with Crippen molar-refractivity contribution in [2.24, 2.45) is 17.8 Å². The number of rotatable bonds is 84. The van der Waals surface area contributed by atoms with Crippen LogP contribution in [0.5, 0.6) is 0 Å². The Morgan fingerprint density at radius 2 is 0.505 bits per heavy atom. The molecule has 0 saturated carbocycles. The zero-order valence-electron chi connectivity index (χ0n) is 70.1. The third kappa shape index (κ3) is 81.4. The number of hydrogen-bond acceptors (Lipinski definition) is 15. The summed E-state index contributed by atoms with van der Waals surface area (Å²) in [5.41, 5.74) is 0. The predicted octanol–water partition coefficient (Wildman–Crippen LogP) is 26.4. The van der Waals surface area contributed by atoms with Crippen molar-refractivity contribution >= 4 is 39.5 Å². The van der Waals surface area contributed by atoms with Crippen LogP contribution >= 0.6 is 15.6 Å². The first-order chi connectivity index (χ1) is 51.7.